The summed E-state index contributed by atoms with van der Waals surface area (Å²) in [7, 11) is 0. The summed E-state index contributed by atoms with van der Waals surface area (Å²) < 4.78 is 39.2. The molecule has 0 aromatic carbocycles. The molecule has 1 aromatic heterocycles. The average Bonchev–Trinajstić information content (AvgIpc) is 2.14. The van der Waals surface area contributed by atoms with Crippen LogP contribution < -0.4 is 5.56 Å². The normalized spacial score (nSPS) is 12.5. The number of rotatable bonds is 2. The fourth-order valence-corrected chi connectivity index (χ4v) is 1.58. The lowest BCUT2D eigenvalue weighted by Crippen LogP contribution is -2.27. The fourth-order valence-electron chi connectivity index (χ4n) is 1.58. The van der Waals surface area contributed by atoms with Gasteiger partial charge in [-0.25, -0.2) is 0 Å². The van der Waals surface area contributed by atoms with Crippen LogP contribution in [-0.4, -0.2) is 4.57 Å². The van der Waals surface area contributed by atoms with Crippen LogP contribution in [0.2, 0.25) is 0 Å². The number of pyridine rings is 1. The first-order chi connectivity index (χ1) is 7.64. The number of hydrogen-bond acceptors (Lipinski definition) is 1. The molecule has 0 fully saturated rings. The first-order valence-electron chi connectivity index (χ1n) is 5.48. The van der Waals surface area contributed by atoms with Gasteiger partial charge in [0.2, 0.25) is 0 Å². The second-order valence-corrected chi connectivity index (χ2v) is 4.64. The van der Waals surface area contributed by atoms with E-state index in [1.165, 1.54) is 0 Å². The maximum absolute atomic E-state index is 12.7. The molecule has 0 saturated heterocycles. The molecule has 0 radical (unpaired) electrons. The van der Waals surface area contributed by atoms with Gasteiger partial charge in [-0.3, -0.25) is 4.79 Å². The monoisotopic (exact) mass is 247 g/mol. The van der Waals surface area contributed by atoms with E-state index in [9.17, 15) is 18.0 Å². The summed E-state index contributed by atoms with van der Waals surface area (Å²) in [6, 6.07) is 0.661. The highest BCUT2D eigenvalue weighted by molar-refractivity contribution is 5.24. The number of alkyl halides is 3. The van der Waals surface area contributed by atoms with Crippen LogP contribution in [-0.2, 0) is 6.18 Å². The van der Waals surface area contributed by atoms with Crippen molar-refractivity contribution in [3.8, 4) is 0 Å². The van der Waals surface area contributed by atoms with Crippen molar-refractivity contribution in [2.75, 3.05) is 0 Å². The smallest absolute Gasteiger partial charge is 0.312 e. The fraction of sp³-hybridized carbons (Fsp3) is 0.583. The maximum atomic E-state index is 12.7. The quantitative estimate of drug-likeness (QED) is 0.783. The van der Waals surface area contributed by atoms with Crippen molar-refractivity contribution < 1.29 is 13.2 Å². The Morgan fingerprint density at radius 1 is 1.18 bits per heavy atom. The van der Waals surface area contributed by atoms with Gasteiger partial charge >= 0.3 is 6.18 Å². The van der Waals surface area contributed by atoms with Crippen molar-refractivity contribution >= 4 is 0 Å². The van der Waals surface area contributed by atoms with Crippen LogP contribution in [0.15, 0.2) is 17.1 Å². The average molecular weight is 247 g/mol. The summed E-state index contributed by atoms with van der Waals surface area (Å²) in [5.74, 6) is -0.227. The second-order valence-electron chi connectivity index (χ2n) is 4.64. The van der Waals surface area contributed by atoms with Crippen molar-refractivity contribution in [3.63, 3.8) is 0 Å². The number of nitrogens with zero attached hydrogens (tertiary/aromatic N) is 1. The van der Waals surface area contributed by atoms with Crippen molar-refractivity contribution in [3.05, 3.63) is 33.7 Å². The minimum Gasteiger partial charge on any atom is -0.312 e. The zero-order valence-corrected chi connectivity index (χ0v) is 10.3. The predicted molar refractivity (Wildman–Crippen MR) is 60.2 cm³/mol. The molecule has 0 saturated carbocycles. The van der Waals surface area contributed by atoms with Crippen LogP contribution >= 0.6 is 0 Å². The second kappa shape index (κ2) is 4.55. The van der Waals surface area contributed by atoms with Gasteiger partial charge in [-0.05, 0) is 25.8 Å². The van der Waals surface area contributed by atoms with E-state index in [0.717, 1.165) is 16.8 Å². The van der Waals surface area contributed by atoms with Crippen molar-refractivity contribution in [1.82, 2.24) is 4.57 Å². The molecule has 0 aliphatic heterocycles. The Kier molecular flexibility index (Phi) is 3.69. The third-order valence-corrected chi connectivity index (χ3v) is 2.58. The lowest BCUT2D eigenvalue weighted by atomic mass is 10.0. The van der Waals surface area contributed by atoms with Gasteiger partial charge in [-0.2, -0.15) is 13.2 Å². The molecule has 0 aliphatic rings. The molecule has 5 heteroatoms. The van der Waals surface area contributed by atoms with Crippen molar-refractivity contribution in [2.45, 2.75) is 45.8 Å². The Balaban J connectivity index is 3.54. The summed E-state index contributed by atoms with van der Waals surface area (Å²) in [5, 5.41) is 0. The topological polar surface area (TPSA) is 22.0 Å². The lowest BCUT2D eigenvalue weighted by Gasteiger charge is -2.17. The van der Waals surface area contributed by atoms with Gasteiger partial charge in [-0.15, -0.1) is 0 Å². The summed E-state index contributed by atoms with van der Waals surface area (Å²) >= 11 is 0. The molecule has 0 spiro atoms. The van der Waals surface area contributed by atoms with Crippen LogP contribution in [0.25, 0.3) is 0 Å². The highest BCUT2D eigenvalue weighted by Gasteiger charge is 2.32. The molecular weight excluding hydrogens is 231 g/mol. The molecule has 0 atom stereocenters. The number of halogens is 3. The Hall–Kier alpha value is -1.26. The van der Waals surface area contributed by atoms with Gasteiger partial charge < -0.3 is 4.57 Å². The van der Waals surface area contributed by atoms with E-state index < -0.39 is 11.7 Å². The summed E-state index contributed by atoms with van der Waals surface area (Å²) in [5.41, 5.74) is -0.911. The molecule has 1 rings (SSSR count). The van der Waals surface area contributed by atoms with Crippen LogP contribution in [0.5, 0.6) is 0 Å². The van der Waals surface area contributed by atoms with E-state index in [2.05, 4.69) is 0 Å². The molecule has 1 aromatic rings. The zero-order chi connectivity index (χ0) is 13.4. The minimum absolute atomic E-state index is 0.202. The molecule has 0 bridgehead atoms. The lowest BCUT2D eigenvalue weighted by molar-refractivity contribution is -0.138. The number of hydrogen-bond donors (Lipinski definition) is 0. The largest absolute Gasteiger partial charge is 0.417 e. The Morgan fingerprint density at radius 2 is 1.71 bits per heavy atom. The molecular formula is C12H16F3NO. The minimum atomic E-state index is -4.42. The van der Waals surface area contributed by atoms with Crippen molar-refractivity contribution in [2.24, 2.45) is 0 Å². The van der Waals surface area contributed by atoms with Crippen molar-refractivity contribution in [1.29, 1.82) is 0 Å². The molecule has 0 amide bonds. The molecule has 1 heterocycles. The summed E-state index contributed by atoms with van der Waals surface area (Å²) in [6.45, 7) is 6.79. The van der Waals surface area contributed by atoms with Crippen LogP contribution in [0.1, 0.15) is 50.8 Å². The van der Waals surface area contributed by atoms with Crippen LogP contribution in [0.3, 0.4) is 0 Å². The zero-order valence-electron chi connectivity index (χ0n) is 10.3. The Bertz CT molecular complexity index is 426. The molecule has 0 unspecified atom stereocenters. The molecule has 17 heavy (non-hydrogen) atoms. The van der Waals surface area contributed by atoms with E-state index >= 15 is 0 Å². The maximum Gasteiger partial charge on any atom is 0.417 e. The first kappa shape index (κ1) is 13.8. The SMILES string of the molecule is CC(C)c1cc(C(F)(F)F)cn(C(C)C)c1=O. The standard InChI is InChI=1S/C12H16F3NO/c1-7(2)10-5-9(12(13,14)15)6-16(8(3)4)11(10)17/h5-8H,1-4H3. The van der Waals surface area contributed by atoms with Crippen LogP contribution in [0.4, 0.5) is 13.2 Å². The van der Waals surface area contributed by atoms with E-state index in [4.69, 9.17) is 0 Å². The Morgan fingerprint density at radius 3 is 2.06 bits per heavy atom. The van der Waals surface area contributed by atoms with Gasteiger partial charge in [0.05, 0.1) is 5.56 Å². The van der Waals surface area contributed by atoms with Gasteiger partial charge in [-0.1, -0.05) is 13.8 Å². The van der Waals surface area contributed by atoms with E-state index in [-0.39, 0.29) is 23.1 Å². The third kappa shape index (κ3) is 2.90. The Labute approximate surface area is 98.1 Å². The predicted octanol–water partition coefficient (Wildman–Crippen LogP) is 3.57. The van der Waals surface area contributed by atoms with Gasteiger partial charge in [0.25, 0.3) is 5.56 Å². The van der Waals surface area contributed by atoms with Crippen LogP contribution in [0, 0.1) is 0 Å². The van der Waals surface area contributed by atoms with E-state index in [1.54, 1.807) is 27.7 Å². The number of aromatic nitrogens is 1. The summed E-state index contributed by atoms with van der Waals surface area (Å²) in [4.78, 5) is 11.9. The van der Waals surface area contributed by atoms with Gasteiger partial charge in [0.15, 0.2) is 0 Å². The van der Waals surface area contributed by atoms with Gasteiger partial charge in [0, 0.05) is 17.8 Å². The molecule has 0 N–H and O–H groups in total. The third-order valence-electron chi connectivity index (χ3n) is 2.58. The van der Waals surface area contributed by atoms with Gasteiger partial charge in [0.1, 0.15) is 0 Å². The molecule has 2 nitrogen and oxygen atoms in total. The first-order valence-corrected chi connectivity index (χ1v) is 5.48. The van der Waals surface area contributed by atoms with E-state index in [0.29, 0.717) is 0 Å². The highest BCUT2D eigenvalue weighted by atomic mass is 19.4. The highest BCUT2D eigenvalue weighted by Crippen LogP contribution is 2.30. The van der Waals surface area contributed by atoms with E-state index in [1.807, 2.05) is 0 Å². The molecule has 96 valence electrons. The molecule has 0 aliphatic carbocycles. The summed E-state index contributed by atoms with van der Waals surface area (Å²) in [6.07, 6.45) is -3.53.